The van der Waals surface area contributed by atoms with Gasteiger partial charge in [-0.2, -0.15) is 0 Å². The van der Waals surface area contributed by atoms with Crippen LogP contribution in [0.5, 0.6) is 0 Å². The van der Waals surface area contributed by atoms with Gasteiger partial charge in [0.25, 0.3) is 5.91 Å². The number of hydrogen-bond donors (Lipinski definition) is 1. The molecule has 7 heteroatoms. The van der Waals surface area contributed by atoms with Gasteiger partial charge in [0.15, 0.2) is 5.69 Å². The van der Waals surface area contributed by atoms with E-state index in [0.717, 1.165) is 25.9 Å². The number of nitrogens with zero attached hydrogens (tertiary/aromatic N) is 3. The van der Waals surface area contributed by atoms with Gasteiger partial charge in [-0.1, -0.05) is 0 Å². The minimum Gasteiger partial charge on any atom is -0.358 e. The van der Waals surface area contributed by atoms with Crippen molar-refractivity contribution in [3.05, 3.63) is 27.9 Å². The third kappa shape index (κ3) is 2.82. The largest absolute Gasteiger partial charge is 0.358 e. The lowest BCUT2D eigenvalue weighted by molar-refractivity contribution is -0.391. The summed E-state index contributed by atoms with van der Waals surface area (Å²) in [5, 5.41) is 14.0. The molecule has 0 radical (unpaired) electrons. The van der Waals surface area contributed by atoms with Gasteiger partial charge in [-0.25, -0.2) is 4.57 Å². The van der Waals surface area contributed by atoms with Crippen molar-refractivity contribution in [2.75, 3.05) is 26.7 Å². The zero-order chi connectivity index (χ0) is 14.7. The third-order valence-electron chi connectivity index (χ3n) is 3.80. The van der Waals surface area contributed by atoms with E-state index in [1.165, 1.54) is 16.7 Å². The molecule has 2 rings (SSSR count). The number of nitro groups is 1. The SMILES string of the molecule is CNCC1CCCN(C(=O)c2ccc([N+](=O)[O-])n2C)C1. The number of amides is 1. The fourth-order valence-corrected chi connectivity index (χ4v) is 2.77. The first-order valence-electron chi connectivity index (χ1n) is 6.78. The van der Waals surface area contributed by atoms with E-state index in [1.54, 1.807) is 11.9 Å². The van der Waals surface area contributed by atoms with Crippen molar-refractivity contribution in [2.24, 2.45) is 13.0 Å². The monoisotopic (exact) mass is 280 g/mol. The van der Waals surface area contributed by atoms with Crippen LogP contribution in [0.1, 0.15) is 23.3 Å². The van der Waals surface area contributed by atoms with Crippen molar-refractivity contribution in [1.82, 2.24) is 14.8 Å². The summed E-state index contributed by atoms with van der Waals surface area (Å²) in [6.07, 6.45) is 2.09. The van der Waals surface area contributed by atoms with E-state index in [4.69, 9.17) is 0 Å². The van der Waals surface area contributed by atoms with Crippen LogP contribution >= 0.6 is 0 Å². The van der Waals surface area contributed by atoms with Gasteiger partial charge in [0.05, 0.1) is 7.05 Å². The third-order valence-corrected chi connectivity index (χ3v) is 3.80. The summed E-state index contributed by atoms with van der Waals surface area (Å²) in [6, 6.07) is 2.91. The maximum Gasteiger partial charge on any atom is 0.323 e. The molecule has 1 fully saturated rings. The van der Waals surface area contributed by atoms with E-state index in [1.807, 2.05) is 7.05 Å². The predicted molar refractivity (Wildman–Crippen MR) is 74.6 cm³/mol. The van der Waals surface area contributed by atoms with Gasteiger partial charge in [-0.3, -0.25) is 4.79 Å². The Bertz CT molecular complexity index is 510. The summed E-state index contributed by atoms with van der Waals surface area (Å²) in [6.45, 7) is 2.31. The second-order valence-corrected chi connectivity index (χ2v) is 5.21. The molecular formula is C13H20N4O3. The number of piperidine rings is 1. The van der Waals surface area contributed by atoms with Crippen molar-refractivity contribution in [3.8, 4) is 0 Å². The van der Waals surface area contributed by atoms with Crippen LogP contribution in [-0.2, 0) is 7.05 Å². The molecule has 1 aromatic heterocycles. The molecule has 2 heterocycles. The smallest absolute Gasteiger partial charge is 0.323 e. The van der Waals surface area contributed by atoms with E-state index in [0.29, 0.717) is 18.2 Å². The Kier molecular flexibility index (Phi) is 4.39. The molecule has 1 saturated heterocycles. The van der Waals surface area contributed by atoms with Crippen LogP contribution in [0.2, 0.25) is 0 Å². The molecule has 0 aliphatic carbocycles. The minimum absolute atomic E-state index is 0.0582. The van der Waals surface area contributed by atoms with Crippen LogP contribution in [0, 0.1) is 16.0 Å². The molecule has 1 N–H and O–H groups in total. The van der Waals surface area contributed by atoms with Gasteiger partial charge in [0.2, 0.25) is 0 Å². The van der Waals surface area contributed by atoms with Crippen molar-refractivity contribution < 1.29 is 9.72 Å². The van der Waals surface area contributed by atoms with E-state index in [9.17, 15) is 14.9 Å². The van der Waals surface area contributed by atoms with E-state index >= 15 is 0 Å². The fraction of sp³-hybridized carbons (Fsp3) is 0.615. The summed E-state index contributed by atoms with van der Waals surface area (Å²) < 4.78 is 1.35. The maximum absolute atomic E-state index is 12.5. The quantitative estimate of drug-likeness (QED) is 0.659. The summed E-state index contributed by atoms with van der Waals surface area (Å²) in [4.78, 5) is 24.6. The Morgan fingerprint density at radius 3 is 2.90 bits per heavy atom. The van der Waals surface area contributed by atoms with Crippen molar-refractivity contribution in [2.45, 2.75) is 12.8 Å². The molecule has 1 atom stereocenters. The number of carbonyl (C=O) groups excluding carboxylic acids is 1. The number of aromatic nitrogens is 1. The van der Waals surface area contributed by atoms with E-state index < -0.39 is 4.92 Å². The van der Waals surface area contributed by atoms with Gasteiger partial charge in [0.1, 0.15) is 0 Å². The van der Waals surface area contributed by atoms with Gasteiger partial charge in [0, 0.05) is 19.2 Å². The molecule has 1 unspecified atom stereocenters. The molecule has 1 aliphatic rings. The van der Waals surface area contributed by atoms with Crippen molar-refractivity contribution in [1.29, 1.82) is 0 Å². The Morgan fingerprint density at radius 1 is 1.55 bits per heavy atom. The molecule has 0 saturated carbocycles. The first-order valence-corrected chi connectivity index (χ1v) is 6.78. The summed E-state index contributed by atoms with van der Waals surface area (Å²) in [5.74, 6) is 0.270. The average molecular weight is 280 g/mol. The highest BCUT2D eigenvalue weighted by molar-refractivity contribution is 5.93. The van der Waals surface area contributed by atoms with Crippen LogP contribution in [0.15, 0.2) is 12.1 Å². The summed E-state index contributed by atoms with van der Waals surface area (Å²) in [7, 11) is 3.46. The highest BCUT2D eigenvalue weighted by atomic mass is 16.6. The lowest BCUT2D eigenvalue weighted by Gasteiger charge is -2.32. The zero-order valence-corrected chi connectivity index (χ0v) is 11.8. The summed E-state index contributed by atoms with van der Waals surface area (Å²) in [5.41, 5.74) is 0.377. The lowest BCUT2D eigenvalue weighted by Crippen LogP contribution is -2.43. The second kappa shape index (κ2) is 6.04. The zero-order valence-electron chi connectivity index (χ0n) is 11.8. The Balaban J connectivity index is 2.13. The number of nitrogens with one attached hydrogen (secondary N) is 1. The molecule has 1 aromatic rings. The molecule has 0 aromatic carbocycles. The first-order chi connectivity index (χ1) is 9.54. The Morgan fingerprint density at radius 2 is 2.30 bits per heavy atom. The molecule has 20 heavy (non-hydrogen) atoms. The first kappa shape index (κ1) is 14.5. The van der Waals surface area contributed by atoms with Crippen LogP contribution < -0.4 is 5.32 Å². The number of hydrogen-bond acceptors (Lipinski definition) is 4. The molecule has 1 amide bonds. The Hall–Kier alpha value is -1.89. The normalized spacial score (nSPS) is 19.1. The number of rotatable bonds is 4. The highest BCUT2D eigenvalue weighted by Crippen LogP contribution is 2.21. The lowest BCUT2D eigenvalue weighted by atomic mass is 9.98. The molecule has 0 spiro atoms. The van der Waals surface area contributed by atoms with Gasteiger partial charge < -0.3 is 20.3 Å². The van der Waals surface area contributed by atoms with Crippen LogP contribution in [0.4, 0.5) is 5.82 Å². The fourth-order valence-electron chi connectivity index (χ4n) is 2.77. The topological polar surface area (TPSA) is 80.4 Å². The molecule has 1 aliphatic heterocycles. The molecule has 0 bridgehead atoms. The number of carbonyl (C=O) groups is 1. The van der Waals surface area contributed by atoms with Crippen molar-refractivity contribution >= 4 is 11.7 Å². The van der Waals surface area contributed by atoms with Crippen LogP contribution in [-0.4, -0.2) is 47.0 Å². The highest BCUT2D eigenvalue weighted by Gasteiger charge is 2.28. The molecule has 110 valence electrons. The van der Waals surface area contributed by atoms with Gasteiger partial charge >= 0.3 is 5.82 Å². The van der Waals surface area contributed by atoms with Crippen LogP contribution in [0.3, 0.4) is 0 Å². The number of likely N-dealkylation sites (tertiary alicyclic amines) is 1. The van der Waals surface area contributed by atoms with E-state index in [2.05, 4.69) is 5.32 Å². The summed E-state index contributed by atoms with van der Waals surface area (Å²) >= 11 is 0. The Labute approximate surface area is 117 Å². The average Bonchev–Trinajstić information content (AvgIpc) is 2.80. The van der Waals surface area contributed by atoms with Gasteiger partial charge in [-0.15, -0.1) is 0 Å². The van der Waals surface area contributed by atoms with E-state index in [-0.39, 0.29) is 11.7 Å². The second-order valence-electron chi connectivity index (χ2n) is 5.21. The van der Waals surface area contributed by atoms with Gasteiger partial charge in [-0.05, 0) is 43.3 Å². The van der Waals surface area contributed by atoms with Crippen molar-refractivity contribution in [3.63, 3.8) is 0 Å². The minimum atomic E-state index is -0.475. The van der Waals surface area contributed by atoms with Crippen LogP contribution in [0.25, 0.3) is 0 Å². The molecule has 7 nitrogen and oxygen atoms in total. The molecular weight excluding hydrogens is 260 g/mol. The maximum atomic E-state index is 12.5. The predicted octanol–water partition coefficient (Wildman–Crippen LogP) is 1.00. The standard InChI is InChI=1S/C13H20N4O3/c1-14-8-10-4-3-7-16(9-10)13(18)11-5-6-12(15(11)2)17(19)20/h5-6,10,14H,3-4,7-9H2,1-2H3.